The molecule has 7 nitrogen and oxygen atoms in total. The number of rotatable bonds is 3. The molecule has 0 unspecified atom stereocenters. The van der Waals surface area contributed by atoms with Crippen molar-refractivity contribution in [3.05, 3.63) is 35.5 Å². The third-order valence-corrected chi connectivity index (χ3v) is 3.86. The first-order valence-electron chi connectivity index (χ1n) is 7.16. The smallest absolute Gasteiger partial charge is 0.317 e. The summed E-state index contributed by atoms with van der Waals surface area (Å²) < 4.78 is 5.07. The highest BCUT2D eigenvalue weighted by Gasteiger charge is 2.24. The van der Waals surface area contributed by atoms with Gasteiger partial charge in [0.2, 0.25) is 0 Å². The number of urea groups is 1. The lowest BCUT2D eigenvalue weighted by atomic mass is 9.92. The number of piperidine rings is 1. The Morgan fingerprint density at radius 2 is 2.33 bits per heavy atom. The van der Waals surface area contributed by atoms with Crippen LogP contribution in [0.15, 0.2) is 23.0 Å². The van der Waals surface area contributed by atoms with Gasteiger partial charge in [-0.1, -0.05) is 5.16 Å². The molecule has 2 aromatic rings. The molecule has 0 aliphatic carbocycles. The number of hydrogen-bond donors (Lipinski definition) is 2. The number of carbonyl (C=O) groups excluding carboxylic acids is 1. The Balaban J connectivity index is 1.46. The van der Waals surface area contributed by atoms with Gasteiger partial charge in [0.15, 0.2) is 5.76 Å². The number of hydrogen-bond acceptors (Lipinski definition) is 4. The SMILES string of the molecule is Cc1cc(CNC(=O)N2CCC(c3cn[nH]c3)CC2)on1. The van der Waals surface area contributed by atoms with E-state index in [2.05, 4.69) is 20.7 Å². The highest BCUT2D eigenvalue weighted by molar-refractivity contribution is 5.74. The molecule has 3 heterocycles. The van der Waals surface area contributed by atoms with Gasteiger partial charge in [0.25, 0.3) is 0 Å². The lowest BCUT2D eigenvalue weighted by Gasteiger charge is -2.31. The molecule has 1 saturated heterocycles. The summed E-state index contributed by atoms with van der Waals surface area (Å²) in [5.74, 6) is 1.17. The topological polar surface area (TPSA) is 87.0 Å². The average molecular weight is 289 g/mol. The maximum absolute atomic E-state index is 12.1. The third-order valence-electron chi connectivity index (χ3n) is 3.86. The highest BCUT2D eigenvalue weighted by Crippen LogP contribution is 2.26. The molecular weight excluding hydrogens is 270 g/mol. The minimum Gasteiger partial charge on any atom is -0.359 e. The molecule has 0 saturated carbocycles. The van der Waals surface area contributed by atoms with Crippen molar-refractivity contribution in [2.45, 2.75) is 32.2 Å². The van der Waals surface area contributed by atoms with Crippen molar-refractivity contribution in [1.82, 2.24) is 25.6 Å². The van der Waals surface area contributed by atoms with Crippen LogP contribution in [0.3, 0.4) is 0 Å². The summed E-state index contributed by atoms with van der Waals surface area (Å²) in [5, 5.41) is 13.5. The van der Waals surface area contributed by atoms with E-state index >= 15 is 0 Å². The molecule has 0 bridgehead atoms. The third kappa shape index (κ3) is 3.24. The summed E-state index contributed by atoms with van der Waals surface area (Å²) in [4.78, 5) is 14.0. The van der Waals surface area contributed by atoms with Crippen LogP contribution in [0.5, 0.6) is 0 Å². The first kappa shape index (κ1) is 13.7. The Morgan fingerprint density at radius 3 is 2.95 bits per heavy atom. The number of H-pyrrole nitrogens is 1. The second kappa shape index (κ2) is 5.99. The van der Waals surface area contributed by atoms with Crippen molar-refractivity contribution >= 4 is 6.03 Å². The van der Waals surface area contributed by atoms with E-state index < -0.39 is 0 Å². The largest absolute Gasteiger partial charge is 0.359 e. The molecule has 3 rings (SSSR count). The second-order valence-corrected chi connectivity index (χ2v) is 5.39. The maximum Gasteiger partial charge on any atom is 0.317 e. The van der Waals surface area contributed by atoms with Crippen LogP contribution in [0.2, 0.25) is 0 Å². The van der Waals surface area contributed by atoms with Crippen LogP contribution in [-0.4, -0.2) is 39.4 Å². The number of aryl methyl sites for hydroxylation is 1. The fraction of sp³-hybridized carbons (Fsp3) is 0.500. The van der Waals surface area contributed by atoms with E-state index in [1.807, 2.05) is 30.3 Å². The standard InChI is InChI=1S/C14H19N5O2/c1-10-6-13(21-18-10)9-15-14(20)19-4-2-11(3-5-19)12-7-16-17-8-12/h6-8,11H,2-5,9H2,1H3,(H,15,20)(H,16,17). The van der Waals surface area contributed by atoms with Crippen molar-refractivity contribution in [3.8, 4) is 0 Å². The Labute approximate surface area is 122 Å². The minimum atomic E-state index is -0.0466. The zero-order chi connectivity index (χ0) is 14.7. The van der Waals surface area contributed by atoms with Crippen molar-refractivity contribution in [2.24, 2.45) is 0 Å². The van der Waals surface area contributed by atoms with Gasteiger partial charge >= 0.3 is 6.03 Å². The summed E-state index contributed by atoms with van der Waals surface area (Å²) in [6, 6.07) is 1.78. The van der Waals surface area contributed by atoms with E-state index in [0.717, 1.165) is 31.6 Å². The van der Waals surface area contributed by atoms with Crippen LogP contribution in [0.25, 0.3) is 0 Å². The number of nitrogens with one attached hydrogen (secondary N) is 2. The fourth-order valence-electron chi connectivity index (χ4n) is 2.67. The van der Waals surface area contributed by atoms with Gasteiger partial charge in [0.1, 0.15) is 0 Å². The Morgan fingerprint density at radius 1 is 1.52 bits per heavy atom. The van der Waals surface area contributed by atoms with Crippen LogP contribution in [0.4, 0.5) is 4.79 Å². The van der Waals surface area contributed by atoms with E-state index in [1.54, 1.807) is 0 Å². The molecule has 0 radical (unpaired) electrons. The number of carbonyl (C=O) groups is 1. The monoisotopic (exact) mass is 289 g/mol. The summed E-state index contributed by atoms with van der Waals surface area (Å²) in [5.41, 5.74) is 2.05. The number of aromatic nitrogens is 3. The minimum absolute atomic E-state index is 0.0466. The number of amides is 2. The molecule has 2 N–H and O–H groups in total. The molecule has 0 aromatic carbocycles. The van der Waals surface area contributed by atoms with Gasteiger partial charge in [0.05, 0.1) is 18.4 Å². The van der Waals surface area contributed by atoms with Gasteiger partial charge in [0, 0.05) is 25.4 Å². The molecule has 7 heteroatoms. The zero-order valence-corrected chi connectivity index (χ0v) is 12.0. The van der Waals surface area contributed by atoms with Crippen LogP contribution in [0.1, 0.15) is 35.8 Å². The lowest BCUT2D eigenvalue weighted by Crippen LogP contribution is -2.43. The Bertz CT molecular complexity index is 584. The summed E-state index contributed by atoms with van der Waals surface area (Å²) in [6.07, 6.45) is 5.74. The fourth-order valence-corrected chi connectivity index (χ4v) is 2.67. The highest BCUT2D eigenvalue weighted by atomic mass is 16.5. The predicted molar refractivity (Wildman–Crippen MR) is 75.6 cm³/mol. The molecule has 2 aromatic heterocycles. The predicted octanol–water partition coefficient (Wildman–Crippen LogP) is 1.80. The Hall–Kier alpha value is -2.31. The van der Waals surface area contributed by atoms with Crippen molar-refractivity contribution < 1.29 is 9.32 Å². The summed E-state index contributed by atoms with van der Waals surface area (Å²) in [7, 11) is 0. The van der Waals surface area contributed by atoms with Crippen molar-refractivity contribution in [1.29, 1.82) is 0 Å². The molecule has 21 heavy (non-hydrogen) atoms. The molecule has 1 aliphatic rings. The number of nitrogens with zero attached hydrogens (tertiary/aromatic N) is 3. The van der Waals surface area contributed by atoms with Gasteiger partial charge < -0.3 is 14.7 Å². The summed E-state index contributed by atoms with van der Waals surface area (Å²) >= 11 is 0. The summed E-state index contributed by atoms with van der Waals surface area (Å²) in [6.45, 7) is 3.75. The van der Waals surface area contributed by atoms with Crippen molar-refractivity contribution in [2.75, 3.05) is 13.1 Å². The first-order valence-corrected chi connectivity index (χ1v) is 7.16. The normalized spacial score (nSPS) is 16.1. The van der Waals surface area contributed by atoms with E-state index in [-0.39, 0.29) is 6.03 Å². The molecule has 0 atom stereocenters. The molecular formula is C14H19N5O2. The van der Waals surface area contributed by atoms with E-state index in [1.165, 1.54) is 5.56 Å². The maximum atomic E-state index is 12.1. The number of likely N-dealkylation sites (tertiary alicyclic amines) is 1. The van der Waals surface area contributed by atoms with Gasteiger partial charge in [-0.05, 0) is 31.2 Å². The van der Waals surface area contributed by atoms with Gasteiger partial charge in [-0.2, -0.15) is 5.10 Å². The van der Waals surface area contributed by atoms with E-state index in [0.29, 0.717) is 18.2 Å². The quantitative estimate of drug-likeness (QED) is 0.902. The molecule has 112 valence electrons. The van der Waals surface area contributed by atoms with Crippen molar-refractivity contribution in [3.63, 3.8) is 0 Å². The van der Waals surface area contributed by atoms with Crippen LogP contribution < -0.4 is 5.32 Å². The zero-order valence-electron chi connectivity index (χ0n) is 12.0. The van der Waals surface area contributed by atoms with E-state index in [4.69, 9.17) is 4.52 Å². The Kier molecular flexibility index (Phi) is 3.89. The first-order chi connectivity index (χ1) is 10.2. The van der Waals surface area contributed by atoms with Gasteiger partial charge in [-0.25, -0.2) is 4.79 Å². The van der Waals surface area contributed by atoms with Crippen LogP contribution >= 0.6 is 0 Å². The molecule has 2 amide bonds. The molecule has 1 aliphatic heterocycles. The lowest BCUT2D eigenvalue weighted by molar-refractivity contribution is 0.179. The van der Waals surface area contributed by atoms with Crippen LogP contribution in [-0.2, 0) is 6.54 Å². The van der Waals surface area contributed by atoms with Crippen LogP contribution in [0, 0.1) is 6.92 Å². The molecule has 1 fully saturated rings. The molecule has 0 spiro atoms. The average Bonchev–Trinajstić information content (AvgIpc) is 3.16. The number of aromatic amines is 1. The van der Waals surface area contributed by atoms with Gasteiger partial charge in [-0.15, -0.1) is 0 Å². The van der Waals surface area contributed by atoms with E-state index in [9.17, 15) is 4.79 Å². The second-order valence-electron chi connectivity index (χ2n) is 5.39. The van der Waals surface area contributed by atoms with Gasteiger partial charge in [-0.3, -0.25) is 5.10 Å².